The first-order valence-electron chi connectivity index (χ1n) is 27.8. The molecule has 0 heterocycles. The molecule has 0 bridgehead atoms. The molecule has 376 valence electrons. The smallest absolute Gasteiger partial charge is 0.306 e. The number of carbonyl (C=O) groups excluding carboxylic acids is 3. The van der Waals surface area contributed by atoms with E-state index in [1.54, 1.807) is 0 Å². The van der Waals surface area contributed by atoms with Gasteiger partial charge in [-0.1, -0.05) is 210 Å². The lowest BCUT2D eigenvalue weighted by Gasteiger charge is -2.18. The van der Waals surface area contributed by atoms with Crippen LogP contribution in [0.1, 0.15) is 278 Å². The monoisotopic (exact) mass is 909 g/mol. The van der Waals surface area contributed by atoms with Gasteiger partial charge in [0.25, 0.3) is 0 Å². The summed E-state index contributed by atoms with van der Waals surface area (Å²) in [7, 11) is 0. The first-order chi connectivity index (χ1) is 32.0. The predicted molar refractivity (Wildman–Crippen MR) is 279 cm³/mol. The Hall–Kier alpha value is -2.89. The Kier molecular flexibility index (Phi) is 51.3. The van der Waals surface area contributed by atoms with E-state index in [0.29, 0.717) is 19.3 Å². The van der Waals surface area contributed by atoms with Crippen LogP contribution in [0, 0.1) is 0 Å². The molecule has 65 heavy (non-hydrogen) atoms. The molecule has 0 aliphatic heterocycles. The lowest BCUT2D eigenvalue weighted by Crippen LogP contribution is -2.30. The molecule has 0 radical (unpaired) electrons. The molecular weight excluding hydrogens is 805 g/mol. The van der Waals surface area contributed by atoms with Gasteiger partial charge < -0.3 is 14.2 Å². The van der Waals surface area contributed by atoms with Gasteiger partial charge in [0.2, 0.25) is 0 Å². The molecule has 0 rings (SSSR count). The number of unbranched alkanes of at least 4 members (excludes halogenated alkanes) is 29. The highest BCUT2D eigenvalue weighted by molar-refractivity contribution is 5.71. The zero-order chi connectivity index (χ0) is 47.2. The summed E-state index contributed by atoms with van der Waals surface area (Å²) in [4.78, 5) is 38.1. The van der Waals surface area contributed by atoms with Crippen molar-refractivity contribution in [1.82, 2.24) is 0 Å². The Morgan fingerprint density at radius 2 is 0.554 bits per heavy atom. The quantitative estimate of drug-likeness (QED) is 0.0262. The van der Waals surface area contributed by atoms with Crippen LogP contribution in [0.2, 0.25) is 0 Å². The van der Waals surface area contributed by atoms with Crippen molar-refractivity contribution in [3.05, 3.63) is 60.8 Å². The molecule has 0 amide bonds. The maximum Gasteiger partial charge on any atom is 0.306 e. The van der Waals surface area contributed by atoms with Gasteiger partial charge in [0.1, 0.15) is 13.2 Å². The fourth-order valence-electron chi connectivity index (χ4n) is 7.73. The summed E-state index contributed by atoms with van der Waals surface area (Å²) in [5.74, 6) is -0.900. The lowest BCUT2D eigenvalue weighted by atomic mass is 10.1. The molecule has 0 unspecified atom stereocenters. The van der Waals surface area contributed by atoms with E-state index in [4.69, 9.17) is 14.2 Å². The van der Waals surface area contributed by atoms with Crippen LogP contribution in [0.5, 0.6) is 0 Å². The molecule has 0 spiro atoms. The number of allylic oxidation sites excluding steroid dienone is 10. The van der Waals surface area contributed by atoms with Gasteiger partial charge in [-0.05, 0) is 109 Å². The lowest BCUT2D eigenvalue weighted by molar-refractivity contribution is -0.167. The van der Waals surface area contributed by atoms with Crippen LogP contribution < -0.4 is 0 Å². The fourth-order valence-corrected chi connectivity index (χ4v) is 7.73. The first kappa shape index (κ1) is 62.1. The molecule has 0 aromatic carbocycles. The van der Waals surface area contributed by atoms with Crippen molar-refractivity contribution in [3.63, 3.8) is 0 Å². The van der Waals surface area contributed by atoms with Gasteiger partial charge in [-0.15, -0.1) is 0 Å². The Balaban J connectivity index is 4.39. The maximum atomic E-state index is 12.8. The number of ether oxygens (including phenoxy) is 3. The minimum absolute atomic E-state index is 0.0837. The van der Waals surface area contributed by atoms with E-state index < -0.39 is 6.10 Å². The third-order valence-electron chi connectivity index (χ3n) is 12.0. The molecule has 0 aromatic heterocycles. The first-order valence-corrected chi connectivity index (χ1v) is 27.8. The van der Waals surface area contributed by atoms with Gasteiger partial charge in [0, 0.05) is 19.3 Å². The highest BCUT2D eigenvalue weighted by Crippen LogP contribution is 2.15. The summed E-state index contributed by atoms with van der Waals surface area (Å²) < 4.78 is 16.8. The number of esters is 3. The summed E-state index contributed by atoms with van der Waals surface area (Å²) in [5.41, 5.74) is 0. The third-order valence-corrected chi connectivity index (χ3v) is 12.0. The molecule has 0 saturated carbocycles. The van der Waals surface area contributed by atoms with Gasteiger partial charge in [0.15, 0.2) is 6.10 Å². The van der Waals surface area contributed by atoms with E-state index in [1.807, 2.05) is 0 Å². The standard InChI is InChI=1S/C59H104O6/c1-4-7-10-13-16-19-22-25-27-29-31-34-36-39-42-45-48-51-57(60)63-54-56(65-59(62)53-50-47-44-41-38-33-24-21-18-15-12-9-6-3)55-64-58(61)52-49-46-43-40-37-35-32-30-28-26-23-20-17-14-11-8-5-2/h16-17,19-21,24-28,56H,4-15,18,22-23,29-55H2,1-3H3/b19-16-,20-17-,24-21-,27-25-,28-26-. The summed E-state index contributed by atoms with van der Waals surface area (Å²) >= 11 is 0. The van der Waals surface area contributed by atoms with Crippen molar-refractivity contribution in [1.29, 1.82) is 0 Å². The van der Waals surface area contributed by atoms with Crippen LogP contribution in [0.3, 0.4) is 0 Å². The van der Waals surface area contributed by atoms with Gasteiger partial charge in [-0.3, -0.25) is 14.4 Å². The SMILES string of the molecule is CCCCC/C=C\C/C=C\CCCCCCCCCC(=O)OCC(COC(=O)CCCCCCCCC/C=C\C/C=C\CCCCC)OC(=O)CCCCCCC/C=C\CCCCCC. The van der Waals surface area contributed by atoms with Crippen LogP contribution in [-0.4, -0.2) is 37.2 Å². The Morgan fingerprint density at radius 1 is 0.308 bits per heavy atom. The van der Waals surface area contributed by atoms with E-state index in [2.05, 4.69) is 81.5 Å². The van der Waals surface area contributed by atoms with Crippen molar-refractivity contribution in [2.75, 3.05) is 13.2 Å². The van der Waals surface area contributed by atoms with Crippen LogP contribution >= 0.6 is 0 Å². The molecule has 6 nitrogen and oxygen atoms in total. The highest BCUT2D eigenvalue weighted by Gasteiger charge is 2.19. The molecule has 0 N–H and O–H groups in total. The zero-order valence-electron chi connectivity index (χ0n) is 43.0. The van der Waals surface area contributed by atoms with E-state index in [-0.39, 0.29) is 31.1 Å². The summed E-state index contributed by atoms with van der Waals surface area (Å²) in [5, 5.41) is 0. The molecule has 0 aliphatic rings. The van der Waals surface area contributed by atoms with Crippen molar-refractivity contribution in [3.8, 4) is 0 Å². The normalized spacial score (nSPS) is 12.1. The number of hydrogen-bond acceptors (Lipinski definition) is 6. The summed E-state index contributed by atoms with van der Waals surface area (Å²) in [6, 6.07) is 0. The van der Waals surface area contributed by atoms with Crippen molar-refractivity contribution in [2.24, 2.45) is 0 Å². The predicted octanol–water partition coefficient (Wildman–Crippen LogP) is 18.4. The average Bonchev–Trinajstić information content (AvgIpc) is 3.30. The molecular formula is C59H104O6. The van der Waals surface area contributed by atoms with Crippen LogP contribution in [-0.2, 0) is 28.6 Å². The minimum Gasteiger partial charge on any atom is -0.462 e. The minimum atomic E-state index is -0.784. The van der Waals surface area contributed by atoms with Crippen molar-refractivity contribution < 1.29 is 28.6 Å². The number of rotatable bonds is 50. The summed E-state index contributed by atoms with van der Waals surface area (Å²) in [6.45, 7) is 6.57. The largest absolute Gasteiger partial charge is 0.462 e. The fraction of sp³-hybridized carbons (Fsp3) is 0.780. The van der Waals surface area contributed by atoms with Gasteiger partial charge >= 0.3 is 17.9 Å². The topological polar surface area (TPSA) is 78.9 Å². The van der Waals surface area contributed by atoms with Crippen molar-refractivity contribution >= 4 is 17.9 Å². The Labute approximate surface area is 402 Å². The van der Waals surface area contributed by atoms with Gasteiger partial charge in [0.05, 0.1) is 0 Å². The maximum absolute atomic E-state index is 12.8. The van der Waals surface area contributed by atoms with E-state index in [1.165, 1.54) is 141 Å². The number of carbonyl (C=O) groups is 3. The molecule has 0 saturated heterocycles. The van der Waals surface area contributed by atoms with Gasteiger partial charge in [-0.2, -0.15) is 0 Å². The Bertz CT molecular complexity index is 1120. The molecule has 0 fully saturated rings. The molecule has 0 atom stereocenters. The van der Waals surface area contributed by atoms with Crippen LogP contribution in [0.4, 0.5) is 0 Å². The van der Waals surface area contributed by atoms with E-state index in [9.17, 15) is 14.4 Å². The van der Waals surface area contributed by atoms with Crippen molar-refractivity contribution in [2.45, 2.75) is 284 Å². The second-order valence-corrected chi connectivity index (χ2v) is 18.5. The molecule has 0 aromatic rings. The van der Waals surface area contributed by atoms with E-state index in [0.717, 1.165) is 96.3 Å². The van der Waals surface area contributed by atoms with Gasteiger partial charge in [-0.25, -0.2) is 0 Å². The Morgan fingerprint density at radius 3 is 0.892 bits per heavy atom. The zero-order valence-corrected chi connectivity index (χ0v) is 43.0. The molecule has 0 aliphatic carbocycles. The van der Waals surface area contributed by atoms with E-state index >= 15 is 0 Å². The highest BCUT2D eigenvalue weighted by atomic mass is 16.6. The summed E-state index contributed by atoms with van der Waals surface area (Å²) in [6.07, 6.45) is 66.3. The average molecular weight is 909 g/mol. The second-order valence-electron chi connectivity index (χ2n) is 18.5. The third kappa shape index (κ3) is 51.9. The van der Waals surface area contributed by atoms with Crippen LogP contribution in [0.15, 0.2) is 60.8 Å². The second kappa shape index (κ2) is 53.7. The number of hydrogen-bond donors (Lipinski definition) is 0. The van der Waals surface area contributed by atoms with Crippen LogP contribution in [0.25, 0.3) is 0 Å². The molecule has 6 heteroatoms.